The van der Waals surface area contributed by atoms with E-state index in [1.807, 2.05) is 47.8 Å². The molecule has 0 amide bonds. The second kappa shape index (κ2) is 8.71. The highest BCUT2D eigenvalue weighted by atomic mass is 32.1. The maximum atomic E-state index is 13.1. The maximum absolute atomic E-state index is 13.1. The van der Waals surface area contributed by atoms with Gasteiger partial charge >= 0.3 is 0 Å². The van der Waals surface area contributed by atoms with E-state index in [0.29, 0.717) is 28.4 Å². The van der Waals surface area contributed by atoms with Gasteiger partial charge in [-0.15, -0.1) is 11.3 Å². The number of hydrogen-bond acceptors (Lipinski definition) is 6. The number of benzene rings is 2. The first-order valence-electron chi connectivity index (χ1n) is 9.25. The Bertz CT molecular complexity index is 1170. The van der Waals surface area contributed by atoms with Crippen LogP contribution in [0.25, 0.3) is 16.0 Å². The van der Waals surface area contributed by atoms with Crippen LogP contribution >= 0.6 is 11.3 Å². The van der Waals surface area contributed by atoms with Crippen molar-refractivity contribution in [2.24, 2.45) is 0 Å². The smallest absolute Gasteiger partial charge is 0.227 e. The predicted molar refractivity (Wildman–Crippen MR) is 121 cm³/mol. The SMILES string of the molecule is C=C(C(=O)c1ccc(Nc2ncccn2)cc1)c1cc(-c2cccs2)ccc1OC. The molecule has 5 nitrogen and oxygen atoms in total. The molecule has 0 atom stereocenters. The van der Waals surface area contributed by atoms with Gasteiger partial charge in [0.2, 0.25) is 5.95 Å². The summed E-state index contributed by atoms with van der Waals surface area (Å²) in [6.07, 6.45) is 3.32. The minimum absolute atomic E-state index is 0.154. The molecular formula is C24H19N3O2S. The average Bonchev–Trinajstić information content (AvgIpc) is 3.34. The van der Waals surface area contributed by atoms with E-state index in [4.69, 9.17) is 4.74 Å². The van der Waals surface area contributed by atoms with Gasteiger partial charge in [0, 0.05) is 39.7 Å². The fourth-order valence-electron chi connectivity index (χ4n) is 3.03. The van der Waals surface area contributed by atoms with E-state index in [1.54, 1.807) is 49.0 Å². The summed E-state index contributed by atoms with van der Waals surface area (Å²) in [5, 5.41) is 5.12. The highest BCUT2D eigenvalue weighted by Gasteiger charge is 2.17. The van der Waals surface area contributed by atoms with Gasteiger partial charge in [-0.25, -0.2) is 9.97 Å². The number of thiophene rings is 1. The fourth-order valence-corrected chi connectivity index (χ4v) is 3.76. The van der Waals surface area contributed by atoms with Crippen molar-refractivity contribution in [1.29, 1.82) is 0 Å². The minimum Gasteiger partial charge on any atom is -0.496 e. The van der Waals surface area contributed by atoms with Gasteiger partial charge in [-0.3, -0.25) is 4.79 Å². The zero-order valence-electron chi connectivity index (χ0n) is 16.3. The quantitative estimate of drug-likeness (QED) is 0.304. The number of ether oxygens (including phenoxy) is 1. The third-order valence-corrected chi connectivity index (χ3v) is 5.49. The van der Waals surface area contributed by atoms with Gasteiger partial charge < -0.3 is 10.1 Å². The van der Waals surface area contributed by atoms with Gasteiger partial charge in [0.05, 0.1) is 7.11 Å². The van der Waals surface area contributed by atoms with Gasteiger partial charge in [0.1, 0.15) is 5.75 Å². The highest BCUT2D eigenvalue weighted by molar-refractivity contribution is 7.13. The van der Waals surface area contributed by atoms with Crippen molar-refractivity contribution in [1.82, 2.24) is 9.97 Å². The van der Waals surface area contributed by atoms with Gasteiger partial charge in [-0.2, -0.15) is 0 Å². The second-order valence-electron chi connectivity index (χ2n) is 6.47. The van der Waals surface area contributed by atoms with Crippen molar-refractivity contribution in [3.05, 3.63) is 96.1 Å². The lowest BCUT2D eigenvalue weighted by atomic mass is 9.95. The van der Waals surface area contributed by atoms with Crippen LogP contribution in [0.1, 0.15) is 15.9 Å². The van der Waals surface area contributed by atoms with E-state index in [0.717, 1.165) is 16.1 Å². The third kappa shape index (κ3) is 4.14. The number of rotatable bonds is 7. The van der Waals surface area contributed by atoms with Crippen LogP contribution in [0.2, 0.25) is 0 Å². The minimum atomic E-state index is -0.154. The largest absolute Gasteiger partial charge is 0.496 e. The molecular weight excluding hydrogens is 394 g/mol. The molecule has 30 heavy (non-hydrogen) atoms. The Labute approximate surface area is 178 Å². The van der Waals surface area contributed by atoms with Gasteiger partial charge in [-0.1, -0.05) is 12.6 Å². The summed E-state index contributed by atoms with van der Waals surface area (Å²) in [7, 11) is 1.59. The summed E-state index contributed by atoms with van der Waals surface area (Å²) in [6, 6.07) is 18.7. The molecule has 2 heterocycles. The number of carbonyl (C=O) groups excluding carboxylic acids is 1. The van der Waals surface area contributed by atoms with Crippen LogP contribution in [-0.2, 0) is 0 Å². The second-order valence-corrected chi connectivity index (χ2v) is 7.42. The van der Waals surface area contributed by atoms with E-state index in [-0.39, 0.29) is 5.78 Å². The van der Waals surface area contributed by atoms with Crippen LogP contribution in [0, 0.1) is 0 Å². The maximum Gasteiger partial charge on any atom is 0.227 e. The van der Waals surface area contributed by atoms with E-state index in [2.05, 4.69) is 21.9 Å². The molecule has 0 fully saturated rings. The molecule has 0 bridgehead atoms. The monoisotopic (exact) mass is 413 g/mol. The topological polar surface area (TPSA) is 64.1 Å². The number of carbonyl (C=O) groups is 1. The Balaban J connectivity index is 1.57. The van der Waals surface area contributed by atoms with Crippen molar-refractivity contribution >= 4 is 34.3 Å². The molecule has 148 valence electrons. The van der Waals surface area contributed by atoms with Crippen molar-refractivity contribution < 1.29 is 9.53 Å². The number of methoxy groups -OCH3 is 1. The number of nitrogens with one attached hydrogen (secondary N) is 1. The molecule has 0 unspecified atom stereocenters. The van der Waals surface area contributed by atoms with Gasteiger partial charge in [0.25, 0.3) is 0 Å². The van der Waals surface area contributed by atoms with Gasteiger partial charge in [-0.05, 0) is 65.5 Å². The number of ketones is 1. The summed E-state index contributed by atoms with van der Waals surface area (Å²) < 4.78 is 5.48. The first-order valence-corrected chi connectivity index (χ1v) is 10.1. The molecule has 0 saturated heterocycles. The molecule has 6 heteroatoms. The first-order chi connectivity index (χ1) is 14.7. The fraction of sp³-hybridized carbons (Fsp3) is 0.0417. The molecule has 0 aliphatic carbocycles. The molecule has 0 aliphatic heterocycles. The van der Waals surface area contributed by atoms with Crippen LogP contribution in [0.15, 0.2) is 85.0 Å². The number of aromatic nitrogens is 2. The summed E-state index contributed by atoms with van der Waals surface area (Å²) in [6.45, 7) is 4.06. The Morgan fingerprint density at radius 2 is 1.80 bits per heavy atom. The van der Waals surface area contributed by atoms with Crippen LogP contribution in [0.4, 0.5) is 11.6 Å². The summed E-state index contributed by atoms with van der Waals surface area (Å²) in [5.74, 6) is 0.962. The molecule has 1 N–H and O–H groups in total. The lowest BCUT2D eigenvalue weighted by Gasteiger charge is -2.13. The number of Topliss-reactive ketones (excluding diaryl/α,β-unsaturated/α-hetero) is 1. The standard InChI is InChI=1S/C24H19N3O2S/c1-16(20-15-18(8-11-21(20)29-2)22-5-3-14-30-22)23(28)17-6-9-19(10-7-17)27-24-25-12-4-13-26-24/h3-15H,1H2,2H3,(H,25,26,27). The number of nitrogens with zero attached hydrogens (tertiary/aromatic N) is 2. The molecule has 2 aromatic heterocycles. The normalized spacial score (nSPS) is 10.4. The van der Waals surface area contributed by atoms with Crippen molar-refractivity contribution in [3.8, 4) is 16.2 Å². The Hall–Kier alpha value is -3.77. The summed E-state index contributed by atoms with van der Waals surface area (Å²) in [4.78, 5) is 22.5. The van der Waals surface area contributed by atoms with Crippen molar-refractivity contribution in [2.45, 2.75) is 0 Å². The van der Waals surface area contributed by atoms with Crippen molar-refractivity contribution in [3.63, 3.8) is 0 Å². The molecule has 2 aromatic carbocycles. The number of allylic oxidation sites excluding steroid dienone is 1. The van der Waals surface area contributed by atoms with Crippen molar-refractivity contribution in [2.75, 3.05) is 12.4 Å². The van der Waals surface area contributed by atoms with E-state index < -0.39 is 0 Å². The molecule has 4 aromatic rings. The lowest BCUT2D eigenvalue weighted by Crippen LogP contribution is -2.04. The van der Waals surface area contributed by atoms with E-state index in [1.165, 1.54) is 0 Å². The molecule has 0 aliphatic rings. The number of anilines is 2. The molecule has 0 radical (unpaired) electrons. The molecule has 0 spiro atoms. The summed E-state index contributed by atoms with van der Waals surface area (Å²) in [5.41, 5.74) is 3.44. The predicted octanol–water partition coefficient (Wildman–Crippen LogP) is 5.85. The zero-order chi connectivity index (χ0) is 20.9. The van der Waals surface area contributed by atoms with Crippen LogP contribution < -0.4 is 10.1 Å². The average molecular weight is 414 g/mol. The van der Waals surface area contributed by atoms with Crippen LogP contribution in [0.3, 0.4) is 0 Å². The summed E-state index contributed by atoms with van der Waals surface area (Å²) >= 11 is 1.64. The Morgan fingerprint density at radius 3 is 2.47 bits per heavy atom. The Kier molecular flexibility index (Phi) is 5.68. The number of hydrogen-bond donors (Lipinski definition) is 1. The molecule has 0 saturated carbocycles. The van der Waals surface area contributed by atoms with Gasteiger partial charge in [0.15, 0.2) is 5.78 Å². The Morgan fingerprint density at radius 1 is 1.03 bits per heavy atom. The first kappa shape index (κ1) is 19.5. The van der Waals surface area contributed by atoms with E-state index >= 15 is 0 Å². The highest BCUT2D eigenvalue weighted by Crippen LogP contribution is 2.34. The third-order valence-electron chi connectivity index (χ3n) is 4.57. The molecule has 4 rings (SSSR count). The van der Waals surface area contributed by atoms with Crippen LogP contribution in [0.5, 0.6) is 5.75 Å². The van der Waals surface area contributed by atoms with Crippen LogP contribution in [-0.4, -0.2) is 22.9 Å². The zero-order valence-corrected chi connectivity index (χ0v) is 17.1. The van der Waals surface area contributed by atoms with E-state index in [9.17, 15) is 4.79 Å². The lowest BCUT2D eigenvalue weighted by molar-refractivity contribution is 0.105.